The molecule has 0 radical (unpaired) electrons. The summed E-state index contributed by atoms with van der Waals surface area (Å²) in [6, 6.07) is 13.6. The molecule has 4 nitrogen and oxygen atoms in total. The summed E-state index contributed by atoms with van der Waals surface area (Å²) in [7, 11) is 0. The van der Waals surface area contributed by atoms with Crippen LogP contribution in [0.15, 0.2) is 54.6 Å². The van der Waals surface area contributed by atoms with Crippen LogP contribution in [0.1, 0.15) is 18.3 Å². The molecule has 2 aromatic carbocycles. The molecule has 0 aliphatic carbocycles. The number of imidazole rings is 1. The van der Waals surface area contributed by atoms with Gasteiger partial charge in [0.15, 0.2) is 0 Å². The summed E-state index contributed by atoms with van der Waals surface area (Å²) in [6.07, 6.45) is 3.87. The maximum absolute atomic E-state index is 11.6. The number of para-hydroxylation sites is 2. The fourth-order valence-corrected chi connectivity index (χ4v) is 3.14. The van der Waals surface area contributed by atoms with Gasteiger partial charge in [-0.3, -0.25) is 4.79 Å². The number of hydrogen-bond donors (Lipinski definition) is 1. The Kier molecular flexibility index (Phi) is 5.96. The van der Waals surface area contributed by atoms with E-state index in [1.54, 1.807) is 12.1 Å². The van der Waals surface area contributed by atoms with E-state index in [1.165, 1.54) is 6.08 Å². The number of fused-ring (bicyclic) bond motifs is 1. The van der Waals surface area contributed by atoms with E-state index < -0.39 is 0 Å². The summed E-state index contributed by atoms with van der Waals surface area (Å²) in [4.78, 5) is 16.3. The van der Waals surface area contributed by atoms with Gasteiger partial charge in [0.1, 0.15) is 5.82 Å². The van der Waals surface area contributed by atoms with Gasteiger partial charge in [0.05, 0.1) is 21.1 Å². The molecule has 0 saturated carbocycles. The standard InChI is InChI=1S/C20H19Cl2N3O/c1-2-5-20(26)23-11-10-19-24-17-6-3-4-7-18(17)25(19)13-14-8-9-15(21)16(22)12-14/h2-9,12H,10-11,13H2,1H3,(H,23,26)/b5-2+. The van der Waals surface area contributed by atoms with Crippen LogP contribution < -0.4 is 5.32 Å². The van der Waals surface area contributed by atoms with E-state index in [2.05, 4.69) is 9.88 Å². The molecule has 1 aromatic heterocycles. The number of hydrogen-bond acceptors (Lipinski definition) is 2. The van der Waals surface area contributed by atoms with Gasteiger partial charge in [-0.15, -0.1) is 0 Å². The molecule has 0 fully saturated rings. The van der Waals surface area contributed by atoms with Crippen molar-refractivity contribution in [1.82, 2.24) is 14.9 Å². The third-order valence-electron chi connectivity index (χ3n) is 4.02. The Bertz CT molecular complexity index is 963. The first-order valence-corrected chi connectivity index (χ1v) is 9.12. The highest BCUT2D eigenvalue weighted by Crippen LogP contribution is 2.24. The summed E-state index contributed by atoms with van der Waals surface area (Å²) < 4.78 is 2.15. The molecular formula is C20H19Cl2N3O. The first kappa shape index (κ1) is 18.5. The summed E-state index contributed by atoms with van der Waals surface area (Å²) in [5.74, 6) is 0.817. The molecule has 0 bridgehead atoms. The summed E-state index contributed by atoms with van der Waals surface area (Å²) in [5, 5.41) is 3.94. The van der Waals surface area contributed by atoms with E-state index >= 15 is 0 Å². The van der Waals surface area contributed by atoms with Gasteiger partial charge in [-0.2, -0.15) is 0 Å². The number of carbonyl (C=O) groups excluding carboxylic acids is 1. The molecule has 3 rings (SSSR count). The first-order valence-electron chi connectivity index (χ1n) is 8.37. The number of carbonyl (C=O) groups is 1. The summed E-state index contributed by atoms with van der Waals surface area (Å²) >= 11 is 12.2. The van der Waals surface area contributed by atoms with Crippen molar-refractivity contribution in [2.24, 2.45) is 0 Å². The van der Waals surface area contributed by atoms with E-state index in [9.17, 15) is 4.79 Å². The monoisotopic (exact) mass is 387 g/mol. The molecule has 0 aliphatic heterocycles. The highest BCUT2D eigenvalue weighted by molar-refractivity contribution is 6.42. The molecule has 0 aliphatic rings. The SMILES string of the molecule is C/C=C/C(=O)NCCc1nc2ccccc2n1Cc1ccc(Cl)c(Cl)c1. The lowest BCUT2D eigenvalue weighted by molar-refractivity contribution is -0.116. The van der Waals surface area contributed by atoms with Crippen molar-refractivity contribution < 1.29 is 4.79 Å². The van der Waals surface area contributed by atoms with Gasteiger partial charge in [0, 0.05) is 19.5 Å². The molecular weight excluding hydrogens is 369 g/mol. The number of nitrogens with one attached hydrogen (secondary N) is 1. The van der Waals surface area contributed by atoms with Crippen LogP contribution in [0.2, 0.25) is 10.0 Å². The first-order chi connectivity index (χ1) is 12.6. The van der Waals surface area contributed by atoms with Crippen LogP contribution in [-0.2, 0) is 17.8 Å². The average Bonchev–Trinajstić information content (AvgIpc) is 2.96. The number of halogens is 2. The molecule has 1 N–H and O–H groups in total. The summed E-state index contributed by atoms with van der Waals surface area (Å²) in [6.45, 7) is 2.97. The number of allylic oxidation sites excluding steroid dienone is 1. The maximum atomic E-state index is 11.6. The smallest absolute Gasteiger partial charge is 0.243 e. The maximum Gasteiger partial charge on any atom is 0.243 e. The van der Waals surface area contributed by atoms with Crippen LogP contribution >= 0.6 is 23.2 Å². The molecule has 134 valence electrons. The van der Waals surface area contributed by atoms with Crippen molar-refractivity contribution in [2.75, 3.05) is 6.54 Å². The highest BCUT2D eigenvalue weighted by Gasteiger charge is 2.11. The topological polar surface area (TPSA) is 46.9 Å². The third kappa shape index (κ3) is 4.26. The van der Waals surface area contributed by atoms with Gasteiger partial charge in [-0.25, -0.2) is 4.98 Å². The number of aromatic nitrogens is 2. The van der Waals surface area contributed by atoms with E-state index in [4.69, 9.17) is 28.2 Å². The van der Waals surface area contributed by atoms with Crippen LogP contribution in [0.4, 0.5) is 0 Å². The van der Waals surface area contributed by atoms with Crippen molar-refractivity contribution in [3.05, 3.63) is 76.0 Å². The van der Waals surface area contributed by atoms with Gasteiger partial charge in [0.25, 0.3) is 0 Å². The minimum atomic E-state index is -0.0976. The molecule has 3 aromatic rings. The molecule has 6 heteroatoms. The normalized spacial score (nSPS) is 11.3. The van der Waals surface area contributed by atoms with Crippen LogP contribution in [0.25, 0.3) is 11.0 Å². The van der Waals surface area contributed by atoms with E-state index in [1.807, 2.05) is 43.3 Å². The van der Waals surface area contributed by atoms with Crippen molar-refractivity contribution in [1.29, 1.82) is 0 Å². The second-order valence-corrected chi connectivity index (χ2v) is 6.71. The lowest BCUT2D eigenvalue weighted by atomic mass is 10.2. The quantitative estimate of drug-likeness (QED) is 0.626. The number of rotatable bonds is 6. The number of amides is 1. The van der Waals surface area contributed by atoms with Crippen LogP contribution in [0.3, 0.4) is 0 Å². The van der Waals surface area contributed by atoms with Gasteiger partial charge in [0.2, 0.25) is 5.91 Å². The fourth-order valence-electron chi connectivity index (χ4n) is 2.82. The van der Waals surface area contributed by atoms with Gasteiger partial charge < -0.3 is 9.88 Å². The lowest BCUT2D eigenvalue weighted by Crippen LogP contribution is -2.24. The van der Waals surface area contributed by atoms with Crippen molar-refractivity contribution >= 4 is 40.1 Å². The van der Waals surface area contributed by atoms with Gasteiger partial charge in [-0.1, -0.05) is 47.5 Å². The van der Waals surface area contributed by atoms with E-state index in [-0.39, 0.29) is 5.91 Å². The number of nitrogens with zero attached hydrogens (tertiary/aromatic N) is 2. The predicted octanol–water partition coefficient (Wildman–Crippen LogP) is 4.63. The molecule has 0 saturated heterocycles. The third-order valence-corrected chi connectivity index (χ3v) is 4.76. The van der Waals surface area contributed by atoms with Crippen LogP contribution in [0, 0.1) is 0 Å². The molecule has 0 spiro atoms. The minimum absolute atomic E-state index is 0.0976. The van der Waals surface area contributed by atoms with Crippen molar-refractivity contribution in [3.63, 3.8) is 0 Å². The second kappa shape index (κ2) is 8.39. The van der Waals surface area contributed by atoms with E-state index in [0.29, 0.717) is 29.6 Å². The summed E-state index contributed by atoms with van der Waals surface area (Å²) in [5.41, 5.74) is 3.03. The Balaban J connectivity index is 1.86. The second-order valence-electron chi connectivity index (χ2n) is 5.89. The molecule has 26 heavy (non-hydrogen) atoms. The van der Waals surface area contributed by atoms with E-state index in [0.717, 1.165) is 22.4 Å². The zero-order chi connectivity index (χ0) is 18.5. The Labute approximate surface area is 162 Å². The fraction of sp³-hybridized carbons (Fsp3) is 0.200. The average molecular weight is 388 g/mol. The molecule has 0 unspecified atom stereocenters. The van der Waals surface area contributed by atoms with Crippen LogP contribution in [0.5, 0.6) is 0 Å². The van der Waals surface area contributed by atoms with Gasteiger partial charge >= 0.3 is 0 Å². The predicted molar refractivity (Wildman–Crippen MR) is 107 cm³/mol. The Morgan fingerprint density at radius 2 is 2.00 bits per heavy atom. The number of benzene rings is 2. The molecule has 1 amide bonds. The van der Waals surface area contributed by atoms with Crippen molar-refractivity contribution in [2.45, 2.75) is 19.9 Å². The zero-order valence-electron chi connectivity index (χ0n) is 14.4. The highest BCUT2D eigenvalue weighted by atomic mass is 35.5. The lowest BCUT2D eigenvalue weighted by Gasteiger charge is -2.10. The zero-order valence-corrected chi connectivity index (χ0v) is 15.9. The Morgan fingerprint density at radius 3 is 2.77 bits per heavy atom. The molecule has 1 heterocycles. The Hall–Kier alpha value is -2.30. The molecule has 0 atom stereocenters. The van der Waals surface area contributed by atoms with Gasteiger partial charge in [-0.05, 0) is 42.8 Å². The Morgan fingerprint density at radius 1 is 1.19 bits per heavy atom. The van der Waals surface area contributed by atoms with Crippen molar-refractivity contribution in [3.8, 4) is 0 Å². The largest absolute Gasteiger partial charge is 0.352 e. The van der Waals surface area contributed by atoms with Crippen LogP contribution in [-0.4, -0.2) is 22.0 Å². The minimum Gasteiger partial charge on any atom is -0.352 e.